The Morgan fingerprint density at radius 3 is 2.73 bits per heavy atom. The van der Waals surface area contributed by atoms with Crippen molar-refractivity contribution in [2.24, 2.45) is 5.41 Å². The minimum atomic E-state index is 0.557. The Hall–Kier alpha value is -1.25. The summed E-state index contributed by atoms with van der Waals surface area (Å²) < 4.78 is 5.06. The summed E-state index contributed by atoms with van der Waals surface area (Å²) >= 11 is 0. The first kappa shape index (κ1) is 10.3. The van der Waals surface area contributed by atoms with Crippen molar-refractivity contribution in [2.75, 3.05) is 19.0 Å². The van der Waals surface area contributed by atoms with E-state index in [1.807, 2.05) is 12.1 Å². The SMILES string of the molecule is CCC1(CNc2ccc(OC)cn2)CC1. The van der Waals surface area contributed by atoms with Crippen LogP contribution in [-0.4, -0.2) is 18.6 Å². The molecule has 0 unspecified atom stereocenters. The van der Waals surface area contributed by atoms with Gasteiger partial charge in [-0.2, -0.15) is 0 Å². The molecule has 0 spiro atoms. The molecule has 1 aliphatic rings. The zero-order valence-corrected chi connectivity index (χ0v) is 9.42. The maximum atomic E-state index is 5.06. The molecule has 0 aromatic carbocycles. The molecule has 1 fully saturated rings. The lowest BCUT2D eigenvalue weighted by Crippen LogP contribution is -2.14. The second-order valence-corrected chi connectivity index (χ2v) is 4.29. The molecule has 0 saturated heterocycles. The van der Waals surface area contributed by atoms with Gasteiger partial charge in [-0.1, -0.05) is 6.92 Å². The van der Waals surface area contributed by atoms with Crippen LogP contribution in [-0.2, 0) is 0 Å². The number of methoxy groups -OCH3 is 1. The molecule has 3 nitrogen and oxygen atoms in total. The summed E-state index contributed by atoms with van der Waals surface area (Å²) in [6.07, 6.45) is 5.71. The first-order valence-electron chi connectivity index (χ1n) is 5.52. The van der Waals surface area contributed by atoms with Gasteiger partial charge in [-0.25, -0.2) is 4.98 Å². The Balaban J connectivity index is 1.88. The van der Waals surface area contributed by atoms with Crippen molar-refractivity contribution in [3.05, 3.63) is 18.3 Å². The third-order valence-corrected chi connectivity index (χ3v) is 3.32. The minimum Gasteiger partial charge on any atom is -0.495 e. The average molecular weight is 206 g/mol. The fourth-order valence-corrected chi connectivity index (χ4v) is 1.72. The predicted octanol–water partition coefficient (Wildman–Crippen LogP) is 2.69. The van der Waals surface area contributed by atoms with E-state index in [4.69, 9.17) is 4.74 Å². The van der Waals surface area contributed by atoms with Crippen LogP contribution >= 0.6 is 0 Å². The molecule has 1 aliphatic carbocycles. The highest BCUT2D eigenvalue weighted by molar-refractivity contribution is 5.38. The summed E-state index contributed by atoms with van der Waals surface area (Å²) in [6, 6.07) is 3.89. The highest BCUT2D eigenvalue weighted by Gasteiger charge is 2.40. The quantitative estimate of drug-likeness (QED) is 0.804. The Morgan fingerprint density at radius 1 is 1.47 bits per heavy atom. The van der Waals surface area contributed by atoms with E-state index in [1.54, 1.807) is 13.3 Å². The van der Waals surface area contributed by atoms with Gasteiger partial charge in [-0.3, -0.25) is 0 Å². The van der Waals surface area contributed by atoms with E-state index in [1.165, 1.54) is 19.3 Å². The molecule has 1 aromatic rings. The van der Waals surface area contributed by atoms with Crippen molar-refractivity contribution in [1.29, 1.82) is 0 Å². The molecule has 1 saturated carbocycles. The first-order chi connectivity index (χ1) is 7.28. The molecule has 0 atom stereocenters. The van der Waals surface area contributed by atoms with Crippen LogP contribution in [0.3, 0.4) is 0 Å². The van der Waals surface area contributed by atoms with Gasteiger partial charge < -0.3 is 10.1 Å². The average Bonchev–Trinajstić information content (AvgIpc) is 3.08. The molecule has 1 N–H and O–H groups in total. The number of ether oxygens (including phenoxy) is 1. The van der Waals surface area contributed by atoms with Gasteiger partial charge in [0, 0.05) is 6.54 Å². The van der Waals surface area contributed by atoms with Crippen molar-refractivity contribution in [3.63, 3.8) is 0 Å². The number of rotatable bonds is 5. The number of anilines is 1. The van der Waals surface area contributed by atoms with Crippen molar-refractivity contribution in [3.8, 4) is 5.75 Å². The van der Waals surface area contributed by atoms with Gasteiger partial charge in [0.05, 0.1) is 13.3 Å². The zero-order valence-electron chi connectivity index (χ0n) is 9.42. The second-order valence-electron chi connectivity index (χ2n) is 4.29. The Labute approximate surface area is 90.9 Å². The predicted molar refractivity (Wildman–Crippen MR) is 61.2 cm³/mol. The maximum absolute atomic E-state index is 5.06. The van der Waals surface area contributed by atoms with Crippen LogP contribution in [0.15, 0.2) is 18.3 Å². The lowest BCUT2D eigenvalue weighted by molar-refractivity contribution is 0.413. The van der Waals surface area contributed by atoms with Gasteiger partial charge in [0.15, 0.2) is 0 Å². The molecule has 0 radical (unpaired) electrons. The number of hydrogen-bond acceptors (Lipinski definition) is 3. The Kier molecular flexibility index (Phi) is 2.80. The molecule has 0 aliphatic heterocycles. The van der Waals surface area contributed by atoms with Crippen molar-refractivity contribution < 1.29 is 4.74 Å². The van der Waals surface area contributed by atoms with Crippen molar-refractivity contribution >= 4 is 5.82 Å². The number of nitrogens with one attached hydrogen (secondary N) is 1. The molecule has 1 aromatic heterocycles. The normalized spacial score (nSPS) is 17.2. The smallest absolute Gasteiger partial charge is 0.137 e. The standard InChI is InChI=1S/C12H18N2O/c1-3-12(6-7-12)9-14-11-5-4-10(15-2)8-13-11/h4-5,8H,3,6-7,9H2,1-2H3,(H,13,14). The third kappa shape index (κ3) is 2.41. The third-order valence-electron chi connectivity index (χ3n) is 3.32. The van der Waals surface area contributed by atoms with Gasteiger partial charge >= 0.3 is 0 Å². The molecule has 15 heavy (non-hydrogen) atoms. The highest BCUT2D eigenvalue weighted by atomic mass is 16.5. The van der Waals surface area contributed by atoms with E-state index < -0.39 is 0 Å². The molecule has 0 bridgehead atoms. The van der Waals surface area contributed by atoms with Gasteiger partial charge in [0.1, 0.15) is 11.6 Å². The summed E-state index contributed by atoms with van der Waals surface area (Å²) in [5.74, 6) is 1.74. The van der Waals surface area contributed by atoms with Crippen LogP contribution in [0.4, 0.5) is 5.82 Å². The van der Waals surface area contributed by atoms with E-state index in [0.29, 0.717) is 5.41 Å². The number of nitrogens with zero attached hydrogens (tertiary/aromatic N) is 1. The number of aromatic nitrogens is 1. The largest absolute Gasteiger partial charge is 0.495 e. The fourth-order valence-electron chi connectivity index (χ4n) is 1.72. The van der Waals surface area contributed by atoms with Crippen molar-refractivity contribution in [1.82, 2.24) is 4.98 Å². The second kappa shape index (κ2) is 4.09. The summed E-state index contributed by atoms with van der Waals surface area (Å²) in [5.41, 5.74) is 0.557. The van der Waals surface area contributed by atoms with Crippen LogP contribution in [0.1, 0.15) is 26.2 Å². The lowest BCUT2D eigenvalue weighted by Gasteiger charge is -2.13. The first-order valence-corrected chi connectivity index (χ1v) is 5.52. The van der Waals surface area contributed by atoms with Crippen LogP contribution in [0.5, 0.6) is 5.75 Å². The maximum Gasteiger partial charge on any atom is 0.137 e. The number of hydrogen-bond donors (Lipinski definition) is 1. The molecule has 0 amide bonds. The van der Waals surface area contributed by atoms with E-state index >= 15 is 0 Å². The van der Waals surface area contributed by atoms with Gasteiger partial charge in [0.25, 0.3) is 0 Å². The van der Waals surface area contributed by atoms with Gasteiger partial charge in [-0.15, -0.1) is 0 Å². The van der Waals surface area contributed by atoms with Crippen LogP contribution < -0.4 is 10.1 Å². The molecular formula is C12H18N2O. The highest BCUT2D eigenvalue weighted by Crippen LogP contribution is 2.48. The molecule has 82 valence electrons. The topological polar surface area (TPSA) is 34.1 Å². The Bertz CT molecular complexity index is 317. The number of pyridine rings is 1. The summed E-state index contributed by atoms with van der Waals surface area (Å²) in [5, 5.41) is 3.38. The van der Waals surface area contributed by atoms with Gasteiger partial charge in [-0.05, 0) is 36.8 Å². The fraction of sp³-hybridized carbons (Fsp3) is 0.583. The zero-order chi connectivity index (χ0) is 10.7. The van der Waals surface area contributed by atoms with Crippen molar-refractivity contribution in [2.45, 2.75) is 26.2 Å². The monoisotopic (exact) mass is 206 g/mol. The molecule has 1 heterocycles. The van der Waals surface area contributed by atoms with E-state index in [0.717, 1.165) is 18.1 Å². The van der Waals surface area contributed by atoms with Crippen LogP contribution in [0, 0.1) is 5.41 Å². The van der Waals surface area contributed by atoms with E-state index in [-0.39, 0.29) is 0 Å². The summed E-state index contributed by atoms with van der Waals surface area (Å²) in [4.78, 5) is 4.28. The summed E-state index contributed by atoms with van der Waals surface area (Å²) in [6.45, 7) is 3.30. The molecular weight excluding hydrogens is 188 g/mol. The van der Waals surface area contributed by atoms with Crippen LogP contribution in [0.25, 0.3) is 0 Å². The van der Waals surface area contributed by atoms with Gasteiger partial charge in [0.2, 0.25) is 0 Å². The van der Waals surface area contributed by atoms with E-state index in [9.17, 15) is 0 Å². The van der Waals surface area contributed by atoms with Crippen LogP contribution in [0.2, 0.25) is 0 Å². The molecule has 3 heteroatoms. The Morgan fingerprint density at radius 2 is 2.27 bits per heavy atom. The molecule has 2 rings (SSSR count). The van der Waals surface area contributed by atoms with E-state index in [2.05, 4.69) is 17.2 Å². The summed E-state index contributed by atoms with van der Waals surface area (Å²) in [7, 11) is 1.65. The minimum absolute atomic E-state index is 0.557. The lowest BCUT2D eigenvalue weighted by atomic mass is 10.0.